The molecule has 0 amide bonds. The van der Waals surface area contributed by atoms with Crippen LogP contribution in [0.4, 0.5) is 0 Å². The van der Waals surface area contributed by atoms with Gasteiger partial charge in [0.15, 0.2) is 0 Å². The second kappa shape index (κ2) is 3.05. The lowest BCUT2D eigenvalue weighted by atomic mass is 9.74. The summed E-state index contributed by atoms with van der Waals surface area (Å²) in [6, 6.07) is -0.121. The van der Waals surface area contributed by atoms with Gasteiger partial charge in [-0.3, -0.25) is 5.41 Å². The molecule has 4 nitrogen and oxygen atoms in total. The Kier molecular flexibility index (Phi) is 2.10. The minimum atomic E-state index is -1.11. The van der Waals surface area contributed by atoms with Crippen LogP contribution in [-0.4, -0.2) is 22.8 Å². The summed E-state index contributed by atoms with van der Waals surface area (Å²) in [7, 11) is 0. The fourth-order valence-electron chi connectivity index (χ4n) is 2.50. The molecule has 2 unspecified atom stereocenters. The van der Waals surface area contributed by atoms with Crippen molar-refractivity contribution in [3.05, 3.63) is 0 Å². The molecule has 2 aliphatic rings. The lowest BCUT2D eigenvalue weighted by Gasteiger charge is -2.33. The average molecular weight is 196 g/mol. The van der Waals surface area contributed by atoms with Crippen molar-refractivity contribution in [3.8, 4) is 0 Å². The van der Waals surface area contributed by atoms with Crippen LogP contribution in [0.1, 0.15) is 32.1 Å². The minimum absolute atomic E-state index is 0.121. The number of carboxylic acids is 1. The maximum Gasteiger partial charge on any atom is 0.349 e. The molecule has 0 bridgehead atoms. The van der Waals surface area contributed by atoms with Crippen LogP contribution >= 0.6 is 0 Å². The number of carboxylic acid groups (broad SMARTS) is 1. The number of hydrogen-bond donors (Lipinski definition) is 3. The van der Waals surface area contributed by atoms with E-state index in [1.165, 1.54) is 12.8 Å². The van der Waals surface area contributed by atoms with Crippen molar-refractivity contribution in [2.45, 2.75) is 38.1 Å². The predicted molar refractivity (Wildman–Crippen MR) is 52.3 cm³/mol. The largest absolute Gasteiger partial charge is 0.477 e. The summed E-state index contributed by atoms with van der Waals surface area (Å²) >= 11 is 0. The van der Waals surface area contributed by atoms with Crippen molar-refractivity contribution in [1.82, 2.24) is 0 Å². The quantitative estimate of drug-likeness (QED) is 0.576. The number of hydrogen-bond acceptors (Lipinski definition) is 3. The van der Waals surface area contributed by atoms with Gasteiger partial charge in [-0.25, -0.2) is 4.79 Å². The van der Waals surface area contributed by atoms with Gasteiger partial charge in [-0.2, -0.15) is 0 Å². The molecule has 0 aromatic heterocycles. The molecular formula is C10H16N2O2. The highest BCUT2D eigenvalue weighted by molar-refractivity contribution is 6.35. The number of aliphatic carboxylic acids is 1. The summed E-state index contributed by atoms with van der Waals surface area (Å²) in [4.78, 5) is 10.7. The monoisotopic (exact) mass is 196 g/mol. The molecule has 0 heterocycles. The van der Waals surface area contributed by atoms with E-state index in [2.05, 4.69) is 0 Å². The SMILES string of the molecule is N=C(C(=O)O)C1CC2(CCC1N)CC2. The molecule has 0 aliphatic heterocycles. The molecule has 2 atom stereocenters. The van der Waals surface area contributed by atoms with Gasteiger partial charge in [0.2, 0.25) is 0 Å². The topological polar surface area (TPSA) is 87.2 Å². The third-order valence-corrected chi connectivity index (χ3v) is 3.74. The summed E-state index contributed by atoms with van der Waals surface area (Å²) in [5.41, 5.74) is 6.03. The molecule has 1 spiro atoms. The Morgan fingerprint density at radius 1 is 1.43 bits per heavy atom. The summed E-state index contributed by atoms with van der Waals surface area (Å²) in [5.74, 6) is -1.33. The Morgan fingerprint density at radius 2 is 2.07 bits per heavy atom. The van der Waals surface area contributed by atoms with Crippen LogP contribution in [0, 0.1) is 16.7 Å². The number of rotatable bonds is 2. The average Bonchev–Trinajstić information content (AvgIpc) is 2.89. The molecule has 0 radical (unpaired) electrons. The molecule has 4 N–H and O–H groups in total. The van der Waals surface area contributed by atoms with Crippen molar-refractivity contribution in [3.63, 3.8) is 0 Å². The number of nitrogens with two attached hydrogens (primary N) is 1. The lowest BCUT2D eigenvalue weighted by molar-refractivity contribution is -0.129. The van der Waals surface area contributed by atoms with Gasteiger partial charge in [-0.05, 0) is 37.5 Å². The van der Waals surface area contributed by atoms with E-state index in [9.17, 15) is 4.79 Å². The van der Waals surface area contributed by atoms with Gasteiger partial charge in [0.1, 0.15) is 5.71 Å². The van der Waals surface area contributed by atoms with Crippen LogP contribution in [-0.2, 0) is 4.79 Å². The first-order valence-corrected chi connectivity index (χ1v) is 5.11. The highest BCUT2D eigenvalue weighted by Gasteiger charge is 2.49. The zero-order chi connectivity index (χ0) is 10.3. The highest BCUT2D eigenvalue weighted by Crippen LogP contribution is 2.57. The van der Waals surface area contributed by atoms with E-state index >= 15 is 0 Å². The first-order chi connectivity index (χ1) is 6.54. The maximum atomic E-state index is 10.7. The van der Waals surface area contributed by atoms with Gasteiger partial charge < -0.3 is 10.8 Å². The first kappa shape index (κ1) is 9.65. The fraction of sp³-hybridized carbons (Fsp3) is 0.800. The van der Waals surface area contributed by atoms with Crippen LogP contribution in [0.3, 0.4) is 0 Å². The third kappa shape index (κ3) is 1.54. The molecule has 0 aromatic carbocycles. The minimum Gasteiger partial charge on any atom is -0.477 e. The van der Waals surface area contributed by atoms with Gasteiger partial charge in [0.25, 0.3) is 0 Å². The molecule has 2 saturated carbocycles. The Hall–Kier alpha value is -0.900. The van der Waals surface area contributed by atoms with Crippen molar-refractivity contribution in [2.75, 3.05) is 0 Å². The van der Waals surface area contributed by atoms with Crippen molar-refractivity contribution in [2.24, 2.45) is 17.1 Å². The van der Waals surface area contributed by atoms with Crippen molar-refractivity contribution < 1.29 is 9.90 Å². The van der Waals surface area contributed by atoms with Crippen LogP contribution in [0.5, 0.6) is 0 Å². The smallest absolute Gasteiger partial charge is 0.349 e. The fourth-order valence-corrected chi connectivity index (χ4v) is 2.50. The van der Waals surface area contributed by atoms with E-state index in [-0.39, 0.29) is 17.7 Å². The third-order valence-electron chi connectivity index (χ3n) is 3.74. The predicted octanol–water partition coefficient (Wildman–Crippen LogP) is 0.998. The van der Waals surface area contributed by atoms with Crippen LogP contribution < -0.4 is 5.73 Å². The molecule has 4 heteroatoms. The van der Waals surface area contributed by atoms with Crippen molar-refractivity contribution in [1.29, 1.82) is 5.41 Å². The van der Waals surface area contributed by atoms with Gasteiger partial charge in [-0.1, -0.05) is 0 Å². The summed E-state index contributed by atoms with van der Waals surface area (Å²) < 4.78 is 0. The molecular weight excluding hydrogens is 180 g/mol. The van der Waals surface area contributed by atoms with E-state index in [0.717, 1.165) is 19.3 Å². The van der Waals surface area contributed by atoms with Crippen LogP contribution in [0.15, 0.2) is 0 Å². The Labute approximate surface area is 83.0 Å². The number of carbonyl (C=O) groups is 1. The normalized spacial score (nSPS) is 34.1. The molecule has 2 fully saturated rings. The molecule has 0 saturated heterocycles. The van der Waals surface area contributed by atoms with E-state index in [1.54, 1.807) is 0 Å². The van der Waals surface area contributed by atoms with Crippen LogP contribution in [0.2, 0.25) is 0 Å². The molecule has 2 rings (SSSR count). The number of nitrogens with one attached hydrogen (secondary N) is 1. The molecule has 14 heavy (non-hydrogen) atoms. The van der Waals surface area contributed by atoms with E-state index < -0.39 is 5.97 Å². The summed E-state index contributed by atoms with van der Waals surface area (Å²) in [6.45, 7) is 0. The van der Waals surface area contributed by atoms with Crippen LogP contribution in [0.25, 0.3) is 0 Å². The summed E-state index contributed by atoms with van der Waals surface area (Å²) in [6.07, 6.45) is 5.21. The first-order valence-electron chi connectivity index (χ1n) is 5.11. The van der Waals surface area contributed by atoms with Gasteiger partial charge in [0.05, 0.1) is 0 Å². The maximum absolute atomic E-state index is 10.7. The van der Waals surface area contributed by atoms with E-state index in [0.29, 0.717) is 5.41 Å². The Balaban J connectivity index is 2.08. The van der Waals surface area contributed by atoms with E-state index in [4.69, 9.17) is 16.2 Å². The van der Waals surface area contributed by atoms with Crippen molar-refractivity contribution >= 4 is 11.7 Å². The molecule has 0 aromatic rings. The zero-order valence-corrected chi connectivity index (χ0v) is 8.12. The zero-order valence-electron chi connectivity index (χ0n) is 8.12. The second-order valence-electron chi connectivity index (χ2n) is 4.73. The van der Waals surface area contributed by atoms with Gasteiger partial charge in [0, 0.05) is 12.0 Å². The summed E-state index contributed by atoms with van der Waals surface area (Å²) in [5, 5.41) is 16.3. The highest BCUT2D eigenvalue weighted by atomic mass is 16.4. The Morgan fingerprint density at radius 3 is 2.57 bits per heavy atom. The van der Waals surface area contributed by atoms with Gasteiger partial charge in [-0.15, -0.1) is 0 Å². The standard InChI is InChI=1S/C10H16N2O2/c11-7-1-2-10(3-4-10)5-6(7)8(12)9(13)14/h6-7,12H,1-5,11H2,(H,13,14). The Bertz CT molecular complexity index is 284. The second-order valence-corrected chi connectivity index (χ2v) is 4.73. The van der Waals surface area contributed by atoms with Gasteiger partial charge >= 0.3 is 5.97 Å². The molecule has 2 aliphatic carbocycles. The van der Waals surface area contributed by atoms with E-state index in [1.807, 2.05) is 0 Å². The molecule has 78 valence electrons. The lowest BCUT2D eigenvalue weighted by Crippen LogP contribution is -2.43.